The van der Waals surface area contributed by atoms with Crippen LogP contribution >= 0.6 is 0 Å². The summed E-state index contributed by atoms with van der Waals surface area (Å²) in [5.74, 6) is 0.125. The van der Waals surface area contributed by atoms with Gasteiger partial charge in [0.25, 0.3) is 0 Å². The lowest BCUT2D eigenvalue weighted by Crippen LogP contribution is -2.10. The molecule has 0 saturated carbocycles. The van der Waals surface area contributed by atoms with E-state index >= 15 is 0 Å². The lowest BCUT2D eigenvalue weighted by atomic mass is 10.0. The summed E-state index contributed by atoms with van der Waals surface area (Å²) in [6.07, 6.45) is 0. The monoisotopic (exact) mass is 313 g/mol. The number of aromatic nitrogens is 1. The van der Waals surface area contributed by atoms with Crippen molar-refractivity contribution in [1.29, 1.82) is 0 Å². The molecule has 0 radical (unpaired) electrons. The first kappa shape index (κ1) is 14.9. The number of benzene rings is 2. The van der Waals surface area contributed by atoms with Crippen LogP contribution in [0.5, 0.6) is 0 Å². The van der Waals surface area contributed by atoms with Gasteiger partial charge in [-0.1, -0.05) is 50.2 Å². The molecule has 3 aromatic rings. The number of hydrogen-bond donors (Lipinski definition) is 0. The quantitative estimate of drug-likeness (QED) is 0.729. The van der Waals surface area contributed by atoms with Crippen molar-refractivity contribution in [2.45, 2.75) is 29.7 Å². The van der Waals surface area contributed by atoms with Gasteiger partial charge < -0.3 is 4.57 Å². The molecule has 4 heteroatoms. The van der Waals surface area contributed by atoms with Crippen molar-refractivity contribution in [2.75, 3.05) is 0 Å². The minimum Gasteiger partial charge on any atom is -0.334 e. The molecule has 3 nitrogen and oxygen atoms in total. The summed E-state index contributed by atoms with van der Waals surface area (Å²) in [5.41, 5.74) is 1.84. The standard InChI is InChI=1S/C18H19NO2S/c1-13(2)17-15-11-7-8-12-16(15)19(3)18(17)22(20,21)14-9-5-4-6-10-14/h4-13H,1-3H3. The predicted molar refractivity (Wildman–Crippen MR) is 88.9 cm³/mol. The van der Waals surface area contributed by atoms with Crippen LogP contribution < -0.4 is 0 Å². The summed E-state index contributed by atoms with van der Waals surface area (Å²) in [5, 5.41) is 1.41. The Morgan fingerprint density at radius 3 is 2.14 bits per heavy atom. The fraction of sp³-hybridized carbons (Fsp3) is 0.222. The molecular formula is C18H19NO2S. The Balaban J connectivity index is 2.41. The molecule has 114 valence electrons. The third-order valence-corrected chi connectivity index (χ3v) is 5.87. The van der Waals surface area contributed by atoms with E-state index in [9.17, 15) is 8.42 Å². The molecule has 0 aliphatic rings. The summed E-state index contributed by atoms with van der Waals surface area (Å²) in [6, 6.07) is 16.5. The molecule has 2 aromatic carbocycles. The Kier molecular flexibility index (Phi) is 3.57. The molecule has 0 spiro atoms. The molecule has 0 unspecified atom stereocenters. The number of rotatable bonds is 3. The van der Waals surface area contributed by atoms with E-state index in [1.165, 1.54) is 0 Å². The Bertz CT molecular complexity index is 922. The average Bonchev–Trinajstić information content (AvgIpc) is 2.82. The highest BCUT2D eigenvalue weighted by atomic mass is 32.2. The van der Waals surface area contributed by atoms with Gasteiger partial charge in [-0.05, 0) is 29.7 Å². The van der Waals surface area contributed by atoms with E-state index in [2.05, 4.69) is 0 Å². The summed E-state index contributed by atoms with van der Waals surface area (Å²) < 4.78 is 28.1. The van der Waals surface area contributed by atoms with Crippen LogP contribution in [0, 0.1) is 0 Å². The first-order chi connectivity index (χ1) is 10.4. The number of hydrogen-bond acceptors (Lipinski definition) is 2. The summed E-state index contributed by atoms with van der Waals surface area (Å²) in [4.78, 5) is 0.336. The summed E-state index contributed by atoms with van der Waals surface area (Å²) in [6.45, 7) is 4.07. The molecule has 0 bridgehead atoms. The highest BCUT2D eigenvalue weighted by molar-refractivity contribution is 7.91. The number of nitrogens with zero attached hydrogens (tertiary/aromatic N) is 1. The Labute approximate surface area is 131 Å². The molecule has 1 aromatic heterocycles. The molecule has 22 heavy (non-hydrogen) atoms. The molecule has 0 aliphatic heterocycles. The number of fused-ring (bicyclic) bond motifs is 1. The molecule has 0 N–H and O–H groups in total. The van der Waals surface area contributed by atoms with Crippen molar-refractivity contribution < 1.29 is 8.42 Å². The highest BCUT2D eigenvalue weighted by Gasteiger charge is 2.28. The van der Waals surface area contributed by atoms with Crippen LogP contribution in [0.4, 0.5) is 0 Å². The van der Waals surface area contributed by atoms with Crippen LogP contribution in [0.1, 0.15) is 25.3 Å². The van der Waals surface area contributed by atoms with Crippen LogP contribution in [0.15, 0.2) is 64.5 Å². The van der Waals surface area contributed by atoms with Gasteiger partial charge in [0.1, 0.15) is 5.03 Å². The first-order valence-corrected chi connectivity index (χ1v) is 8.80. The van der Waals surface area contributed by atoms with E-state index in [1.807, 2.05) is 51.2 Å². The average molecular weight is 313 g/mol. The zero-order valence-electron chi connectivity index (χ0n) is 12.9. The van der Waals surface area contributed by atoms with Crippen LogP contribution in [0.3, 0.4) is 0 Å². The van der Waals surface area contributed by atoms with E-state index in [4.69, 9.17) is 0 Å². The van der Waals surface area contributed by atoms with Gasteiger partial charge in [-0.3, -0.25) is 0 Å². The van der Waals surface area contributed by atoms with Gasteiger partial charge in [0.15, 0.2) is 0 Å². The second-order valence-electron chi connectivity index (χ2n) is 5.77. The fourth-order valence-corrected chi connectivity index (χ4v) is 4.83. The van der Waals surface area contributed by atoms with Gasteiger partial charge in [0.05, 0.1) is 4.90 Å². The van der Waals surface area contributed by atoms with Crippen LogP contribution in [0.2, 0.25) is 0 Å². The van der Waals surface area contributed by atoms with Gasteiger partial charge in [0, 0.05) is 18.0 Å². The van der Waals surface area contributed by atoms with Gasteiger partial charge in [0.2, 0.25) is 9.84 Å². The third kappa shape index (κ3) is 2.15. The maximum atomic E-state index is 13.1. The van der Waals surface area contributed by atoms with E-state index in [-0.39, 0.29) is 5.92 Å². The van der Waals surface area contributed by atoms with Crippen molar-refractivity contribution >= 4 is 20.7 Å². The predicted octanol–water partition coefficient (Wildman–Crippen LogP) is 4.13. The lowest BCUT2D eigenvalue weighted by Gasteiger charge is -2.11. The van der Waals surface area contributed by atoms with Crippen molar-refractivity contribution in [3.05, 3.63) is 60.2 Å². The summed E-state index contributed by atoms with van der Waals surface area (Å²) >= 11 is 0. The SMILES string of the molecule is CC(C)c1c(S(=O)(=O)c2ccccc2)n(C)c2ccccc12. The van der Waals surface area contributed by atoms with Crippen molar-refractivity contribution in [3.63, 3.8) is 0 Å². The van der Waals surface area contributed by atoms with E-state index < -0.39 is 9.84 Å². The second-order valence-corrected chi connectivity index (χ2v) is 7.63. The zero-order chi connectivity index (χ0) is 15.9. The lowest BCUT2D eigenvalue weighted by molar-refractivity contribution is 0.583. The molecular weight excluding hydrogens is 294 g/mol. The summed E-state index contributed by atoms with van der Waals surface area (Å²) in [7, 11) is -1.72. The molecule has 0 saturated heterocycles. The van der Waals surface area contributed by atoms with Crippen LogP contribution in [0.25, 0.3) is 10.9 Å². The molecule has 0 aliphatic carbocycles. The molecule has 0 amide bonds. The maximum Gasteiger partial charge on any atom is 0.222 e. The number of para-hydroxylation sites is 1. The molecule has 0 atom stereocenters. The van der Waals surface area contributed by atoms with Crippen molar-refractivity contribution in [3.8, 4) is 0 Å². The molecule has 1 heterocycles. The van der Waals surface area contributed by atoms with E-state index in [0.717, 1.165) is 16.5 Å². The minimum absolute atomic E-state index is 0.125. The first-order valence-electron chi connectivity index (χ1n) is 7.32. The number of aryl methyl sites for hydroxylation is 1. The highest BCUT2D eigenvalue weighted by Crippen LogP contribution is 2.36. The largest absolute Gasteiger partial charge is 0.334 e. The van der Waals surface area contributed by atoms with Crippen molar-refractivity contribution in [2.24, 2.45) is 7.05 Å². The number of sulfone groups is 1. The Hall–Kier alpha value is -2.07. The van der Waals surface area contributed by atoms with Crippen LogP contribution in [-0.2, 0) is 16.9 Å². The zero-order valence-corrected chi connectivity index (χ0v) is 13.8. The third-order valence-electron chi connectivity index (χ3n) is 3.98. The maximum absolute atomic E-state index is 13.1. The van der Waals surface area contributed by atoms with Gasteiger partial charge in [-0.2, -0.15) is 0 Å². The van der Waals surface area contributed by atoms with Gasteiger partial charge >= 0.3 is 0 Å². The minimum atomic E-state index is -3.54. The van der Waals surface area contributed by atoms with Crippen LogP contribution in [-0.4, -0.2) is 13.0 Å². The Morgan fingerprint density at radius 1 is 0.909 bits per heavy atom. The normalized spacial score (nSPS) is 12.2. The van der Waals surface area contributed by atoms with Gasteiger partial charge in [-0.15, -0.1) is 0 Å². The smallest absolute Gasteiger partial charge is 0.222 e. The van der Waals surface area contributed by atoms with E-state index in [0.29, 0.717) is 9.92 Å². The second kappa shape index (κ2) is 5.29. The van der Waals surface area contributed by atoms with Gasteiger partial charge in [-0.25, -0.2) is 8.42 Å². The van der Waals surface area contributed by atoms with E-state index in [1.54, 1.807) is 28.8 Å². The molecule has 3 rings (SSSR count). The molecule has 0 fully saturated rings. The Morgan fingerprint density at radius 2 is 1.50 bits per heavy atom. The topological polar surface area (TPSA) is 39.1 Å². The van der Waals surface area contributed by atoms with Crippen molar-refractivity contribution in [1.82, 2.24) is 4.57 Å². The fourth-order valence-electron chi connectivity index (χ4n) is 2.99.